The van der Waals surface area contributed by atoms with Gasteiger partial charge in [-0.1, -0.05) is 24.3 Å². The Labute approximate surface area is 95.0 Å². The molecular formula is C11H13ClOS. The maximum Gasteiger partial charge on any atom is 0.164 e. The van der Waals surface area contributed by atoms with E-state index in [-0.39, 0.29) is 0 Å². The van der Waals surface area contributed by atoms with Crippen LogP contribution < -0.4 is 0 Å². The van der Waals surface area contributed by atoms with E-state index in [2.05, 4.69) is 0 Å². The Morgan fingerprint density at radius 3 is 2.57 bits per heavy atom. The van der Waals surface area contributed by atoms with Gasteiger partial charge in [0.1, 0.15) is 0 Å². The van der Waals surface area contributed by atoms with Crippen LogP contribution >= 0.6 is 23.8 Å². The molecule has 0 unspecified atom stereocenters. The molecule has 0 fully saturated rings. The van der Waals surface area contributed by atoms with Crippen LogP contribution in [0.4, 0.5) is 0 Å². The van der Waals surface area contributed by atoms with Gasteiger partial charge < -0.3 is 4.74 Å². The molecule has 0 spiro atoms. The summed E-state index contributed by atoms with van der Waals surface area (Å²) in [6.07, 6.45) is 0.673. The number of hydrogen-bond acceptors (Lipinski definition) is 2. The van der Waals surface area contributed by atoms with E-state index in [1.165, 1.54) is 0 Å². The minimum absolute atomic E-state index is 0.519. The maximum absolute atomic E-state index is 5.81. The molecule has 1 rings (SSSR count). The van der Waals surface area contributed by atoms with Crippen LogP contribution in [0.3, 0.4) is 0 Å². The van der Waals surface area contributed by atoms with E-state index in [9.17, 15) is 0 Å². The molecule has 0 radical (unpaired) electrons. The van der Waals surface area contributed by atoms with Crippen LogP contribution in [0.25, 0.3) is 0 Å². The Hall–Kier alpha value is -0.600. The first kappa shape index (κ1) is 11.5. The molecule has 76 valence electrons. The van der Waals surface area contributed by atoms with Gasteiger partial charge in [-0.05, 0) is 30.3 Å². The molecule has 0 N–H and O–H groups in total. The van der Waals surface area contributed by atoms with E-state index in [0.717, 1.165) is 11.1 Å². The lowest BCUT2D eigenvalue weighted by molar-refractivity contribution is 0.329. The van der Waals surface area contributed by atoms with E-state index in [0.29, 0.717) is 24.0 Å². The third-order valence-corrected chi connectivity index (χ3v) is 2.45. The molecule has 3 heteroatoms. The van der Waals surface area contributed by atoms with Gasteiger partial charge in [0.15, 0.2) is 5.05 Å². The summed E-state index contributed by atoms with van der Waals surface area (Å²) < 4.78 is 5.23. The molecule has 0 saturated heterocycles. The van der Waals surface area contributed by atoms with Crippen LogP contribution in [0.2, 0.25) is 0 Å². The van der Waals surface area contributed by atoms with Gasteiger partial charge in [-0.25, -0.2) is 0 Å². The predicted molar refractivity (Wildman–Crippen MR) is 63.9 cm³/mol. The molecule has 0 atom stereocenters. The number of halogens is 1. The molecule has 0 saturated carbocycles. The lowest BCUT2D eigenvalue weighted by Crippen LogP contribution is -2.06. The normalized spacial score (nSPS) is 9.86. The van der Waals surface area contributed by atoms with Crippen LogP contribution in [0, 0.1) is 0 Å². The van der Waals surface area contributed by atoms with E-state index in [1.807, 2.05) is 31.2 Å². The van der Waals surface area contributed by atoms with Gasteiger partial charge in [0.05, 0.1) is 6.61 Å². The summed E-state index contributed by atoms with van der Waals surface area (Å²) in [5, 5.41) is 0.630. The summed E-state index contributed by atoms with van der Waals surface area (Å²) in [4.78, 5) is 0. The molecule has 0 bridgehead atoms. The van der Waals surface area contributed by atoms with Crippen LogP contribution in [0.5, 0.6) is 0 Å². The largest absolute Gasteiger partial charge is 0.487 e. The fourth-order valence-corrected chi connectivity index (χ4v) is 1.76. The first-order valence-corrected chi connectivity index (χ1v) is 5.50. The van der Waals surface area contributed by atoms with Crippen molar-refractivity contribution in [2.24, 2.45) is 0 Å². The summed E-state index contributed by atoms with van der Waals surface area (Å²) in [6, 6.07) is 8.00. The van der Waals surface area contributed by atoms with Gasteiger partial charge in [-0.3, -0.25) is 0 Å². The minimum atomic E-state index is 0.519. The van der Waals surface area contributed by atoms with Crippen LogP contribution in [-0.4, -0.2) is 11.7 Å². The van der Waals surface area contributed by atoms with Crippen molar-refractivity contribution in [3.05, 3.63) is 35.4 Å². The van der Waals surface area contributed by atoms with E-state index < -0.39 is 0 Å². The second-order valence-electron chi connectivity index (χ2n) is 2.88. The Kier molecular flexibility index (Phi) is 4.91. The molecule has 14 heavy (non-hydrogen) atoms. The van der Waals surface area contributed by atoms with Crippen molar-refractivity contribution in [2.45, 2.75) is 19.2 Å². The average Bonchev–Trinajstić information content (AvgIpc) is 2.19. The Morgan fingerprint density at radius 2 is 2.00 bits per heavy atom. The van der Waals surface area contributed by atoms with Crippen molar-refractivity contribution in [2.75, 3.05) is 6.61 Å². The molecule has 1 aromatic carbocycles. The molecule has 0 heterocycles. The van der Waals surface area contributed by atoms with Gasteiger partial charge in [0.25, 0.3) is 0 Å². The first-order chi connectivity index (χ1) is 6.77. The molecule has 0 amide bonds. The van der Waals surface area contributed by atoms with E-state index in [1.54, 1.807) is 0 Å². The fourth-order valence-electron chi connectivity index (χ4n) is 1.23. The summed E-state index contributed by atoms with van der Waals surface area (Å²) in [7, 11) is 0. The third-order valence-electron chi connectivity index (χ3n) is 1.90. The number of hydrogen-bond donors (Lipinski definition) is 0. The molecular weight excluding hydrogens is 216 g/mol. The van der Waals surface area contributed by atoms with Crippen molar-refractivity contribution in [3.8, 4) is 0 Å². The molecule has 0 aliphatic rings. The summed E-state index contributed by atoms with van der Waals surface area (Å²) in [5.74, 6) is 0.519. The summed E-state index contributed by atoms with van der Waals surface area (Å²) in [5.41, 5.74) is 2.28. The minimum Gasteiger partial charge on any atom is -0.487 e. The molecule has 0 aliphatic heterocycles. The van der Waals surface area contributed by atoms with Crippen molar-refractivity contribution in [3.63, 3.8) is 0 Å². The predicted octanol–water partition coefficient (Wildman–Crippen LogP) is 3.33. The highest BCUT2D eigenvalue weighted by Crippen LogP contribution is 2.12. The average molecular weight is 229 g/mol. The van der Waals surface area contributed by atoms with Gasteiger partial charge in [-0.15, -0.1) is 11.6 Å². The van der Waals surface area contributed by atoms with Crippen LogP contribution in [0.1, 0.15) is 18.1 Å². The van der Waals surface area contributed by atoms with Gasteiger partial charge in [-0.2, -0.15) is 0 Å². The van der Waals surface area contributed by atoms with Crippen molar-refractivity contribution in [1.82, 2.24) is 0 Å². The summed E-state index contributed by atoms with van der Waals surface area (Å²) >= 11 is 10.9. The highest BCUT2D eigenvalue weighted by Gasteiger charge is 2.03. The SMILES string of the molecule is CCOC(=S)Cc1ccccc1CCl. The zero-order valence-electron chi connectivity index (χ0n) is 8.13. The van der Waals surface area contributed by atoms with Crippen molar-refractivity contribution < 1.29 is 4.74 Å². The quantitative estimate of drug-likeness (QED) is 0.578. The van der Waals surface area contributed by atoms with E-state index >= 15 is 0 Å². The van der Waals surface area contributed by atoms with Crippen molar-refractivity contribution >= 4 is 28.9 Å². The highest BCUT2D eigenvalue weighted by molar-refractivity contribution is 7.80. The lowest BCUT2D eigenvalue weighted by atomic mass is 10.1. The standard InChI is InChI=1S/C11H13ClOS/c1-2-13-11(14)7-9-5-3-4-6-10(9)8-12/h3-6H,2,7-8H2,1H3. The fraction of sp³-hybridized carbons (Fsp3) is 0.364. The van der Waals surface area contributed by atoms with Gasteiger partial charge in [0.2, 0.25) is 0 Å². The first-order valence-electron chi connectivity index (χ1n) is 4.56. The lowest BCUT2D eigenvalue weighted by Gasteiger charge is -2.08. The maximum atomic E-state index is 5.81. The molecule has 0 aliphatic carbocycles. The number of ether oxygens (including phenoxy) is 1. The van der Waals surface area contributed by atoms with Gasteiger partial charge in [0, 0.05) is 12.3 Å². The smallest absolute Gasteiger partial charge is 0.164 e. The zero-order valence-corrected chi connectivity index (χ0v) is 9.70. The number of rotatable bonds is 4. The monoisotopic (exact) mass is 228 g/mol. The van der Waals surface area contributed by atoms with E-state index in [4.69, 9.17) is 28.6 Å². The Bertz CT molecular complexity index is 312. The second kappa shape index (κ2) is 5.99. The van der Waals surface area contributed by atoms with Crippen LogP contribution in [-0.2, 0) is 17.0 Å². The molecule has 1 aromatic rings. The van der Waals surface area contributed by atoms with Gasteiger partial charge >= 0.3 is 0 Å². The summed E-state index contributed by atoms with van der Waals surface area (Å²) in [6.45, 7) is 2.56. The topological polar surface area (TPSA) is 9.23 Å². The molecule has 0 aromatic heterocycles. The number of alkyl halides is 1. The second-order valence-corrected chi connectivity index (χ2v) is 3.61. The number of benzene rings is 1. The van der Waals surface area contributed by atoms with Crippen LogP contribution in [0.15, 0.2) is 24.3 Å². The Balaban J connectivity index is 2.70. The zero-order chi connectivity index (χ0) is 10.4. The third kappa shape index (κ3) is 3.28. The van der Waals surface area contributed by atoms with Crippen molar-refractivity contribution in [1.29, 1.82) is 0 Å². The Morgan fingerprint density at radius 1 is 1.36 bits per heavy atom. The number of thiocarbonyl (C=S) groups is 1. The molecule has 1 nitrogen and oxygen atoms in total. The highest BCUT2D eigenvalue weighted by atomic mass is 35.5.